The van der Waals surface area contributed by atoms with Crippen molar-refractivity contribution in [3.63, 3.8) is 0 Å². The number of nitrogen functional groups attached to an aromatic ring is 1. The quantitative estimate of drug-likeness (QED) is 0.485. The van der Waals surface area contributed by atoms with Gasteiger partial charge in [-0.25, -0.2) is 9.97 Å². The van der Waals surface area contributed by atoms with Crippen molar-refractivity contribution < 1.29 is 13.2 Å². The number of hydrogen-bond donors (Lipinski definition) is 2. The molecule has 4 heterocycles. The monoisotopic (exact) mass is 454 g/mol. The number of aromatic nitrogens is 5. The zero-order chi connectivity index (χ0) is 23.2. The Labute approximate surface area is 187 Å². The van der Waals surface area contributed by atoms with Crippen LogP contribution >= 0.6 is 0 Å². The fourth-order valence-electron chi connectivity index (χ4n) is 4.00. The highest BCUT2D eigenvalue weighted by Gasteiger charge is 2.39. The molecule has 0 spiro atoms. The number of fused-ring (bicyclic) bond motifs is 2. The molecule has 3 aromatic heterocycles. The van der Waals surface area contributed by atoms with Crippen molar-refractivity contribution in [3.05, 3.63) is 65.5 Å². The maximum absolute atomic E-state index is 13.1. The van der Waals surface area contributed by atoms with Crippen molar-refractivity contribution in [2.75, 3.05) is 22.5 Å². The van der Waals surface area contributed by atoms with Crippen molar-refractivity contribution in [1.82, 2.24) is 24.7 Å². The minimum absolute atomic E-state index is 0.156. The summed E-state index contributed by atoms with van der Waals surface area (Å²) in [5.74, 6) is 0.536. The van der Waals surface area contributed by atoms with Gasteiger partial charge in [0.15, 0.2) is 5.82 Å². The van der Waals surface area contributed by atoms with E-state index in [1.165, 1.54) is 0 Å². The Hall–Kier alpha value is -3.89. The van der Waals surface area contributed by atoms with E-state index in [2.05, 4.69) is 25.5 Å². The molecule has 8 nitrogen and oxygen atoms in total. The first-order chi connectivity index (χ1) is 15.8. The van der Waals surface area contributed by atoms with Crippen molar-refractivity contribution in [3.8, 4) is 0 Å². The van der Waals surface area contributed by atoms with Crippen LogP contribution in [0.4, 0.5) is 30.5 Å². The number of halogens is 3. The molecule has 1 aliphatic rings. The van der Waals surface area contributed by atoms with E-state index in [1.807, 2.05) is 42.2 Å². The lowest BCUT2D eigenvalue weighted by Gasteiger charge is -2.29. The fourth-order valence-corrected chi connectivity index (χ4v) is 4.00. The predicted octanol–water partition coefficient (Wildman–Crippen LogP) is 3.76. The van der Waals surface area contributed by atoms with Gasteiger partial charge in [-0.2, -0.15) is 13.2 Å². The highest BCUT2D eigenvalue weighted by Crippen LogP contribution is 2.30. The molecule has 0 amide bonds. The number of hydrogen-bond acceptors (Lipinski definition) is 7. The molecule has 11 heteroatoms. The van der Waals surface area contributed by atoms with Crippen LogP contribution in [0.15, 0.2) is 42.7 Å². The van der Waals surface area contributed by atoms with Gasteiger partial charge in [0.05, 0.1) is 6.54 Å². The highest BCUT2D eigenvalue weighted by molar-refractivity contribution is 5.92. The molecule has 33 heavy (non-hydrogen) atoms. The molecule has 1 aliphatic heterocycles. The van der Waals surface area contributed by atoms with E-state index in [0.717, 1.165) is 32.2 Å². The summed E-state index contributed by atoms with van der Waals surface area (Å²) < 4.78 is 40.3. The Morgan fingerprint density at radius 1 is 1.09 bits per heavy atom. The highest BCUT2D eigenvalue weighted by atomic mass is 19.4. The first-order valence-corrected chi connectivity index (χ1v) is 10.4. The smallest absolute Gasteiger partial charge is 0.383 e. The minimum Gasteiger partial charge on any atom is -0.383 e. The second-order valence-electron chi connectivity index (χ2n) is 7.97. The lowest BCUT2D eigenvalue weighted by Crippen LogP contribution is -2.35. The standard InChI is InChI=1S/C22H21F3N8/c1-13-8-18(32-6-7-33-19(12-32)30-31-21(33)22(23,24)25)29-11-15(13)10-28-16-2-3-17-14(9-16)4-5-27-20(17)26/h2-5,8-9,11,28H,6-7,10,12H2,1H3,(H2,26,27). The number of nitrogens with two attached hydrogens (primary N) is 1. The number of nitrogens with zero attached hydrogens (tertiary/aromatic N) is 6. The Balaban J connectivity index is 1.29. The van der Waals surface area contributed by atoms with E-state index >= 15 is 0 Å². The van der Waals surface area contributed by atoms with Crippen molar-refractivity contribution >= 4 is 28.1 Å². The van der Waals surface area contributed by atoms with Crippen LogP contribution in [0.3, 0.4) is 0 Å². The Morgan fingerprint density at radius 3 is 2.73 bits per heavy atom. The number of alkyl halides is 3. The third-order valence-electron chi connectivity index (χ3n) is 5.81. The average Bonchev–Trinajstić information content (AvgIpc) is 3.22. The summed E-state index contributed by atoms with van der Waals surface area (Å²) in [5, 5.41) is 12.4. The Kier molecular flexibility index (Phi) is 5.03. The van der Waals surface area contributed by atoms with E-state index in [9.17, 15) is 13.2 Å². The van der Waals surface area contributed by atoms with Crippen LogP contribution in [-0.2, 0) is 25.8 Å². The number of anilines is 3. The second-order valence-corrected chi connectivity index (χ2v) is 7.97. The summed E-state index contributed by atoms with van der Waals surface area (Å²) in [7, 11) is 0. The summed E-state index contributed by atoms with van der Waals surface area (Å²) >= 11 is 0. The molecule has 0 fully saturated rings. The molecule has 0 bridgehead atoms. The van der Waals surface area contributed by atoms with Gasteiger partial charge in [0, 0.05) is 43.1 Å². The van der Waals surface area contributed by atoms with Crippen LogP contribution < -0.4 is 16.0 Å². The van der Waals surface area contributed by atoms with Crippen LogP contribution in [0.1, 0.15) is 22.8 Å². The van der Waals surface area contributed by atoms with Gasteiger partial charge in [-0.05, 0) is 53.8 Å². The van der Waals surface area contributed by atoms with Gasteiger partial charge >= 0.3 is 6.18 Å². The zero-order valence-electron chi connectivity index (χ0n) is 17.8. The van der Waals surface area contributed by atoms with Crippen LogP contribution in [0, 0.1) is 6.92 Å². The number of benzene rings is 1. The molecular weight excluding hydrogens is 433 g/mol. The minimum atomic E-state index is -4.51. The third kappa shape index (κ3) is 4.01. The van der Waals surface area contributed by atoms with Gasteiger partial charge in [0.1, 0.15) is 11.6 Å². The Morgan fingerprint density at radius 2 is 1.94 bits per heavy atom. The van der Waals surface area contributed by atoms with Crippen LogP contribution in [0.25, 0.3) is 10.8 Å². The van der Waals surface area contributed by atoms with E-state index in [0.29, 0.717) is 24.7 Å². The molecular formula is C22H21F3N8. The maximum atomic E-state index is 13.1. The van der Waals surface area contributed by atoms with E-state index < -0.39 is 12.0 Å². The second kappa shape index (κ2) is 7.91. The SMILES string of the molecule is Cc1cc(N2CCn3c(nnc3C(F)(F)F)C2)ncc1CNc1ccc2c(N)nccc2c1. The molecule has 4 aromatic rings. The maximum Gasteiger partial charge on any atom is 0.451 e. The molecule has 0 saturated carbocycles. The average molecular weight is 454 g/mol. The van der Waals surface area contributed by atoms with Crippen LogP contribution in [-0.4, -0.2) is 31.3 Å². The topological polar surface area (TPSA) is 97.8 Å². The lowest BCUT2D eigenvalue weighted by molar-refractivity contribution is -0.147. The molecule has 0 atom stereocenters. The number of rotatable bonds is 4. The van der Waals surface area contributed by atoms with Crippen LogP contribution in [0.5, 0.6) is 0 Å². The van der Waals surface area contributed by atoms with Gasteiger partial charge in [-0.1, -0.05) is 0 Å². The third-order valence-corrected chi connectivity index (χ3v) is 5.81. The van der Waals surface area contributed by atoms with E-state index in [1.54, 1.807) is 12.4 Å². The predicted molar refractivity (Wildman–Crippen MR) is 119 cm³/mol. The molecule has 1 aromatic carbocycles. The molecule has 0 unspecified atom stereocenters. The first-order valence-electron chi connectivity index (χ1n) is 10.4. The normalized spacial score (nSPS) is 13.9. The summed E-state index contributed by atoms with van der Waals surface area (Å²) in [6, 6.07) is 9.77. The van der Waals surface area contributed by atoms with E-state index in [4.69, 9.17) is 5.73 Å². The molecule has 0 saturated heterocycles. The summed E-state index contributed by atoms with van der Waals surface area (Å²) in [6.07, 6.45) is -1.03. The number of nitrogens with one attached hydrogen (secondary N) is 1. The van der Waals surface area contributed by atoms with E-state index in [-0.39, 0.29) is 18.9 Å². The van der Waals surface area contributed by atoms with Gasteiger partial charge in [0.25, 0.3) is 0 Å². The lowest BCUT2D eigenvalue weighted by atomic mass is 10.1. The number of pyridine rings is 2. The van der Waals surface area contributed by atoms with Gasteiger partial charge in [-0.3, -0.25) is 0 Å². The van der Waals surface area contributed by atoms with Gasteiger partial charge in [0.2, 0.25) is 5.82 Å². The fraction of sp³-hybridized carbons (Fsp3) is 0.273. The summed E-state index contributed by atoms with van der Waals surface area (Å²) in [5.41, 5.74) is 8.92. The Bertz CT molecular complexity index is 1330. The van der Waals surface area contributed by atoms with Crippen molar-refractivity contribution in [2.45, 2.75) is 32.7 Å². The molecule has 5 rings (SSSR count). The zero-order valence-corrected chi connectivity index (χ0v) is 17.8. The largest absolute Gasteiger partial charge is 0.451 e. The molecule has 0 aliphatic carbocycles. The van der Waals surface area contributed by atoms with Crippen molar-refractivity contribution in [1.29, 1.82) is 0 Å². The molecule has 0 radical (unpaired) electrons. The molecule has 170 valence electrons. The first kappa shape index (κ1) is 21.0. The summed E-state index contributed by atoms with van der Waals surface area (Å²) in [6.45, 7) is 3.34. The van der Waals surface area contributed by atoms with Crippen LogP contribution in [0.2, 0.25) is 0 Å². The summed E-state index contributed by atoms with van der Waals surface area (Å²) in [4.78, 5) is 10.6. The van der Waals surface area contributed by atoms with Gasteiger partial charge < -0.3 is 20.5 Å². The molecule has 3 N–H and O–H groups in total. The van der Waals surface area contributed by atoms with Crippen molar-refractivity contribution in [2.24, 2.45) is 0 Å². The number of aryl methyl sites for hydroxylation is 1. The van der Waals surface area contributed by atoms with Gasteiger partial charge in [-0.15, -0.1) is 10.2 Å².